The number of aliphatic hydroxyl groups is 1. The van der Waals surface area contributed by atoms with Crippen LogP contribution in [0, 0.1) is 62.6 Å². The standard InChI is InChI=1S/C30H52O/c1-19(2)20-11-14-27(5)17-18-29(7)21(25(20)27)9-10-23-28(6)15-13-24(31)26(3,4)22(28)12-16-30(23,29)8/h19-25,31H,9-18H2,1-8H3/t20-,21?,22-,23?,24?,25+,27?,28?,29+,30?/m0/s1. The lowest BCUT2D eigenvalue weighted by atomic mass is 9.32. The van der Waals surface area contributed by atoms with Crippen molar-refractivity contribution in [3.63, 3.8) is 0 Å². The number of fused-ring (bicyclic) bond motifs is 7. The summed E-state index contributed by atoms with van der Waals surface area (Å²) in [5.74, 6) is 5.21. The third kappa shape index (κ3) is 2.71. The molecule has 31 heavy (non-hydrogen) atoms. The van der Waals surface area contributed by atoms with Gasteiger partial charge in [0.15, 0.2) is 0 Å². The minimum absolute atomic E-state index is 0.0748. The van der Waals surface area contributed by atoms with Crippen molar-refractivity contribution in [3.8, 4) is 0 Å². The monoisotopic (exact) mass is 428 g/mol. The summed E-state index contributed by atoms with van der Waals surface area (Å²) in [5, 5.41) is 10.9. The van der Waals surface area contributed by atoms with E-state index in [1.165, 1.54) is 57.8 Å². The predicted octanol–water partition coefficient (Wildman–Crippen LogP) is 8.10. The molecule has 0 spiro atoms. The van der Waals surface area contributed by atoms with E-state index in [2.05, 4.69) is 55.4 Å². The van der Waals surface area contributed by atoms with Gasteiger partial charge in [0.2, 0.25) is 0 Å². The maximum Gasteiger partial charge on any atom is 0.0594 e. The number of aliphatic hydroxyl groups excluding tert-OH is 1. The summed E-state index contributed by atoms with van der Waals surface area (Å²) in [6.45, 7) is 20.7. The molecule has 0 aliphatic heterocycles. The third-order valence-electron chi connectivity index (χ3n) is 13.7. The van der Waals surface area contributed by atoms with Gasteiger partial charge in [-0.25, -0.2) is 0 Å². The molecule has 5 aliphatic carbocycles. The zero-order chi connectivity index (χ0) is 22.6. The van der Waals surface area contributed by atoms with E-state index in [1.807, 2.05) is 0 Å². The van der Waals surface area contributed by atoms with Gasteiger partial charge in [-0.15, -0.1) is 0 Å². The molecule has 0 aromatic rings. The minimum Gasteiger partial charge on any atom is -0.393 e. The van der Waals surface area contributed by atoms with Gasteiger partial charge in [-0.05, 0) is 127 Å². The van der Waals surface area contributed by atoms with Crippen LogP contribution in [0.15, 0.2) is 0 Å². The van der Waals surface area contributed by atoms with Gasteiger partial charge >= 0.3 is 0 Å². The molecule has 0 radical (unpaired) electrons. The minimum atomic E-state index is -0.109. The fourth-order valence-electron chi connectivity index (χ4n) is 11.7. The predicted molar refractivity (Wildman–Crippen MR) is 131 cm³/mol. The Bertz CT molecular complexity index is 724. The zero-order valence-electron chi connectivity index (χ0n) is 22.1. The lowest BCUT2D eigenvalue weighted by Gasteiger charge is -2.73. The van der Waals surface area contributed by atoms with Crippen LogP contribution < -0.4 is 0 Å². The van der Waals surface area contributed by atoms with E-state index in [1.54, 1.807) is 0 Å². The summed E-state index contributed by atoms with van der Waals surface area (Å²) in [4.78, 5) is 0. The van der Waals surface area contributed by atoms with Crippen LogP contribution in [0.3, 0.4) is 0 Å². The van der Waals surface area contributed by atoms with Crippen molar-refractivity contribution < 1.29 is 5.11 Å². The van der Waals surface area contributed by atoms with Crippen LogP contribution in [-0.4, -0.2) is 11.2 Å². The van der Waals surface area contributed by atoms with Gasteiger partial charge in [0.05, 0.1) is 6.10 Å². The average molecular weight is 429 g/mol. The molecule has 0 aromatic heterocycles. The summed E-state index contributed by atoms with van der Waals surface area (Å²) < 4.78 is 0. The molecule has 5 aliphatic rings. The smallest absolute Gasteiger partial charge is 0.0594 e. The van der Waals surface area contributed by atoms with Crippen molar-refractivity contribution in [2.24, 2.45) is 62.6 Å². The molecule has 10 atom stereocenters. The Kier molecular flexibility index (Phi) is 4.96. The summed E-state index contributed by atoms with van der Waals surface area (Å²) in [7, 11) is 0. The van der Waals surface area contributed by atoms with Gasteiger partial charge in [-0.1, -0.05) is 55.4 Å². The van der Waals surface area contributed by atoms with E-state index in [4.69, 9.17) is 0 Å². The first kappa shape index (κ1) is 22.7. The quantitative estimate of drug-likeness (QED) is 0.447. The molecule has 0 aromatic carbocycles. The van der Waals surface area contributed by atoms with E-state index in [-0.39, 0.29) is 11.5 Å². The largest absolute Gasteiger partial charge is 0.393 e. The molecule has 0 saturated heterocycles. The Labute approximate surface area is 193 Å². The van der Waals surface area contributed by atoms with Gasteiger partial charge in [0.1, 0.15) is 0 Å². The van der Waals surface area contributed by atoms with Crippen molar-refractivity contribution in [2.45, 2.75) is 126 Å². The topological polar surface area (TPSA) is 20.2 Å². The van der Waals surface area contributed by atoms with Gasteiger partial charge in [-0.2, -0.15) is 0 Å². The van der Waals surface area contributed by atoms with E-state index in [0.717, 1.165) is 36.0 Å². The van der Waals surface area contributed by atoms with Crippen LogP contribution in [0.1, 0.15) is 120 Å². The van der Waals surface area contributed by atoms with Gasteiger partial charge in [0.25, 0.3) is 0 Å². The molecule has 5 fully saturated rings. The second-order valence-electron chi connectivity index (χ2n) is 15.2. The normalized spacial score (nSPS) is 58.3. The lowest BCUT2D eigenvalue weighted by Crippen LogP contribution is -2.66. The SMILES string of the molecule is CC(C)[C@@H]1CCC2(C)CC[C@]3(C)C(CCC4C5(C)CCC(O)C(C)(C)[C@@H]5CCC43C)[C@@H]12. The summed E-state index contributed by atoms with van der Waals surface area (Å²) in [6.07, 6.45) is 13.7. The maximum absolute atomic E-state index is 10.9. The highest BCUT2D eigenvalue weighted by molar-refractivity contribution is 5.19. The lowest BCUT2D eigenvalue weighted by molar-refractivity contribution is -0.248. The summed E-state index contributed by atoms with van der Waals surface area (Å²) in [6, 6.07) is 0. The Hall–Kier alpha value is -0.0400. The molecule has 5 saturated carbocycles. The van der Waals surface area contributed by atoms with Crippen molar-refractivity contribution in [1.82, 2.24) is 0 Å². The Morgan fingerprint density at radius 1 is 0.677 bits per heavy atom. The highest BCUT2D eigenvalue weighted by atomic mass is 16.3. The molecule has 0 heterocycles. The van der Waals surface area contributed by atoms with Crippen LogP contribution >= 0.6 is 0 Å². The average Bonchev–Trinajstić information content (AvgIpc) is 3.04. The third-order valence-corrected chi connectivity index (χ3v) is 13.7. The number of hydrogen-bond donors (Lipinski definition) is 1. The summed E-state index contributed by atoms with van der Waals surface area (Å²) in [5.41, 5.74) is 2.08. The van der Waals surface area contributed by atoms with E-state index < -0.39 is 0 Å². The number of rotatable bonds is 1. The maximum atomic E-state index is 10.9. The molecule has 0 amide bonds. The van der Waals surface area contributed by atoms with Crippen LogP contribution in [0.2, 0.25) is 0 Å². The molecular formula is C30H52O. The van der Waals surface area contributed by atoms with Gasteiger partial charge in [0, 0.05) is 0 Å². The number of hydrogen-bond acceptors (Lipinski definition) is 1. The van der Waals surface area contributed by atoms with E-state index >= 15 is 0 Å². The van der Waals surface area contributed by atoms with Crippen molar-refractivity contribution >= 4 is 0 Å². The first-order valence-corrected chi connectivity index (χ1v) is 14.0. The van der Waals surface area contributed by atoms with Crippen LogP contribution in [0.5, 0.6) is 0 Å². The molecule has 178 valence electrons. The fourth-order valence-corrected chi connectivity index (χ4v) is 11.7. The second-order valence-corrected chi connectivity index (χ2v) is 15.2. The Balaban J connectivity index is 1.54. The molecule has 1 nitrogen and oxygen atoms in total. The first-order chi connectivity index (χ1) is 14.3. The molecule has 1 heteroatoms. The molecule has 0 bridgehead atoms. The molecule has 5 rings (SSSR count). The van der Waals surface area contributed by atoms with Crippen LogP contribution in [-0.2, 0) is 0 Å². The molecular weight excluding hydrogens is 376 g/mol. The second kappa shape index (κ2) is 6.76. The molecule has 6 unspecified atom stereocenters. The van der Waals surface area contributed by atoms with Gasteiger partial charge in [-0.3, -0.25) is 0 Å². The Morgan fingerprint density at radius 3 is 2.06 bits per heavy atom. The summed E-state index contributed by atoms with van der Waals surface area (Å²) >= 11 is 0. The van der Waals surface area contributed by atoms with Crippen molar-refractivity contribution in [3.05, 3.63) is 0 Å². The molecule has 1 N–H and O–H groups in total. The van der Waals surface area contributed by atoms with Crippen molar-refractivity contribution in [2.75, 3.05) is 0 Å². The highest BCUT2D eigenvalue weighted by Gasteiger charge is 2.70. The van der Waals surface area contributed by atoms with Crippen molar-refractivity contribution in [1.29, 1.82) is 0 Å². The van der Waals surface area contributed by atoms with Crippen LogP contribution in [0.25, 0.3) is 0 Å². The van der Waals surface area contributed by atoms with E-state index in [0.29, 0.717) is 27.6 Å². The van der Waals surface area contributed by atoms with E-state index in [9.17, 15) is 5.11 Å². The van der Waals surface area contributed by atoms with Crippen LogP contribution in [0.4, 0.5) is 0 Å². The zero-order valence-corrected chi connectivity index (χ0v) is 22.1. The van der Waals surface area contributed by atoms with Gasteiger partial charge < -0.3 is 5.11 Å². The Morgan fingerprint density at radius 2 is 1.39 bits per heavy atom. The first-order valence-electron chi connectivity index (χ1n) is 14.0. The fraction of sp³-hybridized carbons (Fsp3) is 1.00. The highest BCUT2D eigenvalue weighted by Crippen LogP contribution is 2.77.